The van der Waals surface area contributed by atoms with Crippen LogP contribution < -0.4 is 0 Å². The lowest BCUT2D eigenvalue weighted by Gasteiger charge is -2.06. The maximum Gasteiger partial charge on any atom is 0.318 e. The van der Waals surface area contributed by atoms with Crippen molar-refractivity contribution in [3.05, 3.63) is 0 Å². The highest BCUT2D eigenvalue weighted by atomic mass is 127. The molecule has 62 valence electrons. The molecule has 0 amide bonds. The first-order chi connectivity index (χ1) is 4.66. The van der Waals surface area contributed by atoms with Crippen molar-refractivity contribution in [1.82, 2.24) is 3.11 Å². The maximum absolute atomic E-state index is 10.5. The number of hydrogen-bond donors (Lipinski definition) is 0. The molecule has 0 saturated carbocycles. The van der Waals surface area contributed by atoms with Gasteiger partial charge >= 0.3 is 8.25 Å². The van der Waals surface area contributed by atoms with Crippen LogP contribution in [0.5, 0.6) is 0 Å². The van der Waals surface area contributed by atoms with Crippen molar-refractivity contribution in [2.45, 2.75) is 0 Å². The summed E-state index contributed by atoms with van der Waals surface area (Å²) < 4.78 is 21.6. The largest absolute Gasteiger partial charge is 0.318 e. The molecule has 0 saturated heterocycles. The van der Waals surface area contributed by atoms with Crippen LogP contribution in [-0.4, -0.2) is 30.4 Å². The van der Waals surface area contributed by atoms with E-state index in [-0.39, 0.29) is 0 Å². The zero-order valence-electron chi connectivity index (χ0n) is 5.96. The summed E-state index contributed by atoms with van der Waals surface area (Å²) in [6.45, 7) is 1.20. The Hall–Kier alpha value is 0.840. The van der Waals surface area contributed by atoms with E-state index in [9.17, 15) is 4.57 Å². The summed E-state index contributed by atoms with van der Waals surface area (Å²) >= 11 is 2.12. The topological polar surface area (TPSA) is 38.8 Å². The first-order valence-corrected chi connectivity index (χ1v) is 4.93. The fraction of sp³-hybridized carbons (Fsp3) is 1.00. The second-order valence-electron chi connectivity index (χ2n) is 1.63. The van der Waals surface area contributed by atoms with Crippen LogP contribution in [0.2, 0.25) is 0 Å². The van der Waals surface area contributed by atoms with Crippen LogP contribution in [0.4, 0.5) is 0 Å². The van der Waals surface area contributed by atoms with Gasteiger partial charge in [0.1, 0.15) is 0 Å². The van der Waals surface area contributed by atoms with Gasteiger partial charge in [-0.15, -0.1) is 0 Å². The molecule has 0 bridgehead atoms. The molecule has 0 aliphatic carbocycles. The molecule has 0 fully saturated rings. The molecule has 0 aromatic rings. The third kappa shape index (κ3) is 6.95. The summed E-state index contributed by atoms with van der Waals surface area (Å²) in [6.07, 6.45) is 0. The van der Waals surface area contributed by atoms with Crippen LogP contribution in [0.25, 0.3) is 0 Å². The zero-order valence-corrected chi connectivity index (χ0v) is 9.12. The SMILES string of the molecule is CO[PH](=O)OCCN(C)I. The molecule has 0 radical (unpaired) electrons. The molecule has 0 spiro atoms. The molecule has 0 aliphatic rings. The first-order valence-electron chi connectivity index (χ1n) is 2.74. The Kier molecular flexibility index (Phi) is 7.09. The van der Waals surface area contributed by atoms with Crippen molar-refractivity contribution in [2.24, 2.45) is 0 Å². The van der Waals surface area contributed by atoms with Crippen LogP contribution in [0.3, 0.4) is 0 Å². The van der Waals surface area contributed by atoms with E-state index in [1.165, 1.54) is 7.11 Å². The summed E-state index contributed by atoms with van der Waals surface area (Å²) in [5.74, 6) is 0. The van der Waals surface area contributed by atoms with Gasteiger partial charge in [-0.25, -0.2) is 3.11 Å². The van der Waals surface area contributed by atoms with Crippen molar-refractivity contribution in [3.8, 4) is 0 Å². The quantitative estimate of drug-likeness (QED) is 0.432. The van der Waals surface area contributed by atoms with Gasteiger partial charge in [-0.05, 0) is 7.05 Å². The second-order valence-corrected chi connectivity index (χ2v) is 4.48. The van der Waals surface area contributed by atoms with E-state index in [1.807, 2.05) is 10.2 Å². The van der Waals surface area contributed by atoms with Gasteiger partial charge in [0, 0.05) is 36.5 Å². The zero-order chi connectivity index (χ0) is 7.98. The molecular formula is C4H11INO3P. The monoisotopic (exact) mass is 279 g/mol. The maximum atomic E-state index is 10.5. The van der Waals surface area contributed by atoms with Gasteiger partial charge in [0.25, 0.3) is 0 Å². The lowest BCUT2D eigenvalue weighted by atomic mass is 10.7. The Morgan fingerprint density at radius 1 is 1.70 bits per heavy atom. The summed E-state index contributed by atoms with van der Waals surface area (Å²) in [7, 11) is 1.08. The van der Waals surface area contributed by atoms with Gasteiger partial charge in [-0.3, -0.25) is 4.57 Å². The third-order valence-corrected chi connectivity index (χ3v) is 2.04. The minimum Gasteiger partial charge on any atom is -0.314 e. The van der Waals surface area contributed by atoms with E-state index in [4.69, 9.17) is 4.52 Å². The standard InChI is InChI=1S/C4H11INO3P/c1-6(5)3-4-9-10(7)8-2/h10H,3-4H2,1-2H3. The van der Waals surface area contributed by atoms with E-state index in [2.05, 4.69) is 27.4 Å². The van der Waals surface area contributed by atoms with Crippen molar-refractivity contribution < 1.29 is 13.6 Å². The lowest BCUT2D eigenvalue weighted by Crippen LogP contribution is -2.10. The van der Waals surface area contributed by atoms with Gasteiger partial charge in [0.05, 0.1) is 6.61 Å². The number of likely N-dealkylation sites (N-methyl/N-ethyl adjacent to an activating group) is 1. The molecule has 4 nitrogen and oxygen atoms in total. The average molecular weight is 279 g/mol. The molecule has 6 heteroatoms. The van der Waals surface area contributed by atoms with Crippen LogP contribution in [0.15, 0.2) is 0 Å². The van der Waals surface area contributed by atoms with Crippen LogP contribution >= 0.6 is 31.1 Å². The molecule has 1 atom stereocenters. The van der Waals surface area contributed by atoms with E-state index in [1.54, 1.807) is 0 Å². The Morgan fingerprint density at radius 2 is 2.30 bits per heavy atom. The highest BCUT2D eigenvalue weighted by molar-refractivity contribution is 14.1. The molecule has 0 heterocycles. The second kappa shape index (κ2) is 6.54. The molecule has 0 N–H and O–H groups in total. The minimum atomic E-state index is -2.20. The van der Waals surface area contributed by atoms with Crippen molar-refractivity contribution in [2.75, 3.05) is 27.3 Å². The third-order valence-electron chi connectivity index (χ3n) is 0.786. The molecule has 0 aromatic carbocycles. The van der Waals surface area contributed by atoms with E-state index in [0.717, 1.165) is 6.54 Å². The van der Waals surface area contributed by atoms with Gasteiger partial charge < -0.3 is 9.05 Å². The highest BCUT2D eigenvalue weighted by Gasteiger charge is 1.96. The summed E-state index contributed by atoms with van der Waals surface area (Å²) in [5.41, 5.74) is 0. The number of rotatable bonds is 5. The van der Waals surface area contributed by atoms with Gasteiger partial charge in [0.15, 0.2) is 0 Å². The highest BCUT2D eigenvalue weighted by Crippen LogP contribution is 2.20. The minimum absolute atomic E-state index is 0.449. The van der Waals surface area contributed by atoms with Crippen LogP contribution in [0.1, 0.15) is 0 Å². The predicted octanol–water partition coefficient (Wildman–Crippen LogP) is 1.32. The van der Waals surface area contributed by atoms with Crippen molar-refractivity contribution >= 4 is 31.1 Å². The number of hydrogen-bond acceptors (Lipinski definition) is 4. The van der Waals surface area contributed by atoms with Gasteiger partial charge in [-0.2, -0.15) is 0 Å². The lowest BCUT2D eigenvalue weighted by molar-refractivity contribution is 0.248. The van der Waals surface area contributed by atoms with Gasteiger partial charge in [-0.1, -0.05) is 0 Å². The summed E-state index contributed by atoms with van der Waals surface area (Å²) in [6, 6.07) is 0. The fourth-order valence-corrected chi connectivity index (χ4v) is 0.886. The number of nitrogens with zero attached hydrogens (tertiary/aromatic N) is 1. The molecule has 10 heavy (non-hydrogen) atoms. The molecular weight excluding hydrogens is 268 g/mol. The average Bonchev–Trinajstić information content (AvgIpc) is 1.87. The van der Waals surface area contributed by atoms with Crippen LogP contribution in [0, 0.1) is 0 Å². The Bertz CT molecular complexity index is 111. The van der Waals surface area contributed by atoms with Crippen molar-refractivity contribution in [1.29, 1.82) is 0 Å². The number of halogens is 1. The van der Waals surface area contributed by atoms with Crippen molar-refractivity contribution in [3.63, 3.8) is 0 Å². The predicted molar refractivity (Wildman–Crippen MR) is 48.6 cm³/mol. The summed E-state index contributed by atoms with van der Waals surface area (Å²) in [5, 5.41) is 0. The fourth-order valence-electron chi connectivity index (χ4n) is 0.314. The van der Waals surface area contributed by atoms with E-state index >= 15 is 0 Å². The summed E-state index contributed by atoms with van der Waals surface area (Å²) in [4.78, 5) is 0. The molecule has 0 aromatic heterocycles. The Morgan fingerprint density at radius 3 is 2.70 bits per heavy atom. The van der Waals surface area contributed by atoms with E-state index in [0.29, 0.717) is 6.61 Å². The molecule has 0 aliphatic heterocycles. The smallest absolute Gasteiger partial charge is 0.314 e. The Labute approximate surface area is 75.3 Å². The Balaban J connectivity index is 3.12. The van der Waals surface area contributed by atoms with Crippen LogP contribution in [-0.2, 0) is 13.6 Å². The normalized spacial score (nSPS) is 14.0. The molecule has 0 rings (SSSR count). The first kappa shape index (κ1) is 10.8. The molecule has 1 unspecified atom stereocenters. The van der Waals surface area contributed by atoms with Gasteiger partial charge in [0.2, 0.25) is 0 Å². The van der Waals surface area contributed by atoms with E-state index < -0.39 is 8.25 Å².